The van der Waals surface area contributed by atoms with Crippen molar-refractivity contribution >= 4 is 65.0 Å². The Bertz CT molecular complexity index is 3460. The lowest BCUT2D eigenvalue weighted by molar-refractivity contribution is 1.13. The van der Waals surface area contributed by atoms with Crippen LogP contribution in [0.5, 0.6) is 0 Å². The molecular weight excluding hydrogens is 769 g/mol. The molecule has 0 bridgehead atoms. The van der Waals surface area contributed by atoms with Crippen LogP contribution in [0, 0.1) is 0 Å². The summed E-state index contributed by atoms with van der Waals surface area (Å²) in [6, 6.07) is 66.1. The molecule has 6 heterocycles. The van der Waals surface area contributed by atoms with E-state index >= 15 is 0 Å². The van der Waals surface area contributed by atoms with E-state index in [1.54, 1.807) is 0 Å². The molecule has 0 fully saturated rings. The molecule has 0 amide bonds. The molecule has 13 rings (SSSR count). The summed E-state index contributed by atoms with van der Waals surface area (Å²) in [5.74, 6) is 0. The zero-order chi connectivity index (χ0) is 41.4. The number of nitrogens with zero attached hydrogens (tertiary/aromatic N) is 6. The van der Waals surface area contributed by atoms with Gasteiger partial charge in [0, 0.05) is 86.6 Å². The highest BCUT2D eigenvalue weighted by molar-refractivity contribution is 6.27. The van der Waals surface area contributed by atoms with Gasteiger partial charge < -0.3 is 13.7 Å². The van der Waals surface area contributed by atoms with E-state index < -0.39 is 0 Å². The third-order valence-corrected chi connectivity index (χ3v) is 12.6. The normalized spacial score (nSPS) is 11.8. The van der Waals surface area contributed by atoms with E-state index in [2.05, 4.69) is 211 Å². The zero-order valence-corrected chi connectivity index (χ0v) is 34.0. The molecule has 7 aromatic carbocycles. The second kappa shape index (κ2) is 14.0. The second-order valence-electron chi connectivity index (χ2n) is 16.2. The highest BCUT2D eigenvalue weighted by Crippen LogP contribution is 2.48. The van der Waals surface area contributed by atoms with Crippen LogP contribution in [0.4, 0.5) is 0 Å². The Morgan fingerprint density at radius 1 is 0.270 bits per heavy atom. The first-order chi connectivity index (χ1) is 31.2. The molecule has 63 heavy (non-hydrogen) atoms. The minimum atomic E-state index is 1.07. The van der Waals surface area contributed by atoms with Crippen molar-refractivity contribution in [2.24, 2.45) is 0 Å². The van der Waals surface area contributed by atoms with Crippen molar-refractivity contribution in [1.82, 2.24) is 28.7 Å². The maximum Gasteiger partial charge on any atom is 0.0650 e. The fourth-order valence-corrected chi connectivity index (χ4v) is 9.77. The smallest absolute Gasteiger partial charge is 0.0650 e. The van der Waals surface area contributed by atoms with Crippen LogP contribution >= 0.6 is 0 Å². The van der Waals surface area contributed by atoms with E-state index in [-0.39, 0.29) is 0 Å². The lowest BCUT2D eigenvalue weighted by Gasteiger charge is -2.16. The fourth-order valence-electron chi connectivity index (χ4n) is 9.77. The quantitative estimate of drug-likeness (QED) is 0.168. The van der Waals surface area contributed by atoms with Gasteiger partial charge in [0.05, 0.1) is 33.6 Å². The molecule has 0 aliphatic heterocycles. The first-order valence-electron chi connectivity index (χ1n) is 21.2. The monoisotopic (exact) mass is 804 g/mol. The third-order valence-electron chi connectivity index (χ3n) is 12.6. The molecule has 0 N–H and O–H groups in total. The third kappa shape index (κ3) is 5.55. The summed E-state index contributed by atoms with van der Waals surface area (Å²) in [5, 5.41) is 10.2. The highest BCUT2D eigenvalue weighted by atomic mass is 15.1. The van der Waals surface area contributed by atoms with Gasteiger partial charge in [0.25, 0.3) is 0 Å². The molecular formula is C57H36N6. The maximum absolute atomic E-state index is 4.55. The molecule has 6 nitrogen and oxygen atoms in total. The van der Waals surface area contributed by atoms with Crippen LogP contribution in [0.2, 0.25) is 0 Å². The molecule has 13 aromatic rings. The summed E-state index contributed by atoms with van der Waals surface area (Å²) in [5.41, 5.74) is 13.3. The minimum absolute atomic E-state index is 1.07. The Hall–Kier alpha value is -8.61. The number of hydrogen-bond acceptors (Lipinski definition) is 3. The van der Waals surface area contributed by atoms with Crippen molar-refractivity contribution in [3.05, 3.63) is 219 Å². The molecule has 0 saturated heterocycles. The molecule has 0 aliphatic carbocycles. The molecule has 6 aromatic heterocycles. The van der Waals surface area contributed by atoms with Gasteiger partial charge >= 0.3 is 0 Å². The van der Waals surface area contributed by atoms with E-state index in [1.165, 1.54) is 0 Å². The average Bonchev–Trinajstić information content (AvgIpc) is 4.07. The first kappa shape index (κ1) is 35.2. The van der Waals surface area contributed by atoms with Crippen LogP contribution in [0.15, 0.2) is 219 Å². The summed E-state index contributed by atoms with van der Waals surface area (Å²) in [7, 11) is 0. The van der Waals surface area contributed by atoms with Gasteiger partial charge in [-0.25, -0.2) is 0 Å². The minimum Gasteiger partial charge on any atom is -0.308 e. The molecule has 0 atom stereocenters. The Balaban J connectivity index is 1.29. The molecule has 0 spiro atoms. The van der Waals surface area contributed by atoms with Gasteiger partial charge in [0.15, 0.2) is 0 Å². The van der Waals surface area contributed by atoms with E-state index in [9.17, 15) is 0 Å². The number of hydrogen-bond donors (Lipinski definition) is 0. The van der Waals surface area contributed by atoms with Gasteiger partial charge in [-0.15, -0.1) is 0 Å². The molecule has 6 heteroatoms. The molecule has 0 radical (unpaired) electrons. The predicted octanol–water partition coefficient (Wildman–Crippen LogP) is 14.2. The van der Waals surface area contributed by atoms with Crippen molar-refractivity contribution in [2.75, 3.05) is 0 Å². The van der Waals surface area contributed by atoms with Gasteiger partial charge in [0.1, 0.15) is 0 Å². The molecule has 294 valence electrons. The van der Waals surface area contributed by atoms with Crippen molar-refractivity contribution in [3.8, 4) is 50.8 Å². The standard InChI is InChI=1S/C57H36N6/c1-4-10-38(11-5-1)52-31-49-55-50(32-53(39-12-6-2-7-13-39)62(55)47-21-18-44-35-59-27-24-42(44)29-47)57-51(56(49)61(52)46-20-17-43-34-58-26-23-41(43)28-46)33-54(40-14-8-3-9-15-40)63(57)48-19-16-37-22-25-60-36-45(37)30-48/h1-36H. The SMILES string of the molecule is c1ccc(-c2cc3c(c4cc(-c5ccccc5)n(-c5ccc6ccncc6c5)c4c4cc(-c5ccccc5)n(-c5ccc6cnccc6c5)c34)n2-c2ccc3cnccc3c2)cc1. The Morgan fingerprint density at radius 3 is 1.00 bits per heavy atom. The first-order valence-corrected chi connectivity index (χ1v) is 21.2. The largest absolute Gasteiger partial charge is 0.308 e. The number of rotatable bonds is 6. The van der Waals surface area contributed by atoms with E-state index in [4.69, 9.17) is 0 Å². The van der Waals surface area contributed by atoms with Crippen molar-refractivity contribution in [3.63, 3.8) is 0 Å². The number of pyridine rings is 3. The Labute approximate surface area is 362 Å². The second-order valence-corrected chi connectivity index (χ2v) is 16.2. The van der Waals surface area contributed by atoms with Crippen LogP contribution < -0.4 is 0 Å². The van der Waals surface area contributed by atoms with Crippen LogP contribution in [0.3, 0.4) is 0 Å². The van der Waals surface area contributed by atoms with Crippen molar-refractivity contribution < 1.29 is 0 Å². The van der Waals surface area contributed by atoms with Crippen LogP contribution in [-0.2, 0) is 0 Å². The maximum atomic E-state index is 4.55. The zero-order valence-electron chi connectivity index (χ0n) is 34.0. The molecule has 0 saturated carbocycles. The Kier molecular flexibility index (Phi) is 7.80. The van der Waals surface area contributed by atoms with Gasteiger partial charge in [0.2, 0.25) is 0 Å². The van der Waals surface area contributed by atoms with Gasteiger partial charge in [-0.1, -0.05) is 109 Å². The average molecular weight is 805 g/mol. The fraction of sp³-hybridized carbons (Fsp3) is 0. The summed E-state index contributed by atoms with van der Waals surface area (Å²) < 4.78 is 7.46. The van der Waals surface area contributed by atoms with Gasteiger partial charge in [-0.05, 0) is 106 Å². The van der Waals surface area contributed by atoms with Gasteiger partial charge in [-0.2, -0.15) is 0 Å². The van der Waals surface area contributed by atoms with E-state index in [1.807, 2.05) is 37.2 Å². The molecule has 0 unspecified atom stereocenters. The molecule has 0 aliphatic rings. The summed E-state index contributed by atoms with van der Waals surface area (Å²) in [6.45, 7) is 0. The topological polar surface area (TPSA) is 53.5 Å². The van der Waals surface area contributed by atoms with E-state index in [0.29, 0.717) is 0 Å². The van der Waals surface area contributed by atoms with Crippen LogP contribution in [0.25, 0.3) is 116 Å². The van der Waals surface area contributed by atoms with Gasteiger partial charge in [-0.3, -0.25) is 15.0 Å². The summed E-state index contributed by atoms with van der Waals surface area (Å²) >= 11 is 0. The van der Waals surface area contributed by atoms with Crippen molar-refractivity contribution in [1.29, 1.82) is 0 Å². The van der Waals surface area contributed by atoms with E-state index in [0.717, 1.165) is 116 Å². The summed E-state index contributed by atoms with van der Waals surface area (Å²) in [4.78, 5) is 13.4. The predicted molar refractivity (Wildman–Crippen MR) is 259 cm³/mol. The van der Waals surface area contributed by atoms with Crippen LogP contribution in [0.1, 0.15) is 0 Å². The number of benzene rings is 7. The highest BCUT2D eigenvalue weighted by Gasteiger charge is 2.28. The summed E-state index contributed by atoms with van der Waals surface area (Å²) in [6.07, 6.45) is 11.5. The number of fused-ring (bicyclic) bond motifs is 9. The Morgan fingerprint density at radius 2 is 0.603 bits per heavy atom. The number of aromatic nitrogens is 6. The van der Waals surface area contributed by atoms with Crippen LogP contribution in [-0.4, -0.2) is 28.7 Å². The lowest BCUT2D eigenvalue weighted by atomic mass is 10.1. The lowest BCUT2D eigenvalue weighted by Crippen LogP contribution is -2.00. The van der Waals surface area contributed by atoms with Crippen molar-refractivity contribution in [2.45, 2.75) is 0 Å².